The molecule has 0 radical (unpaired) electrons. The second-order valence-corrected chi connectivity index (χ2v) is 5.97. The maximum Gasteiger partial charge on any atom is 0.255 e. The second-order valence-electron chi connectivity index (χ2n) is 5.97. The molecule has 0 saturated carbocycles. The van der Waals surface area contributed by atoms with Crippen molar-refractivity contribution in [3.8, 4) is 5.75 Å². The van der Waals surface area contributed by atoms with Crippen LogP contribution < -0.4 is 15.0 Å². The van der Waals surface area contributed by atoms with Crippen LogP contribution in [-0.2, 0) is 0 Å². The van der Waals surface area contributed by atoms with Gasteiger partial charge in [-0.1, -0.05) is 0 Å². The molecule has 1 amide bonds. The van der Waals surface area contributed by atoms with Crippen molar-refractivity contribution in [3.63, 3.8) is 0 Å². The molecule has 1 aromatic carbocycles. The fourth-order valence-electron chi connectivity index (χ4n) is 2.63. The van der Waals surface area contributed by atoms with E-state index < -0.39 is 0 Å². The lowest BCUT2D eigenvalue weighted by Crippen LogP contribution is -2.45. The Morgan fingerprint density at radius 3 is 2.36 bits per heavy atom. The number of aromatic nitrogens is 2. The van der Waals surface area contributed by atoms with Gasteiger partial charge in [0.05, 0.1) is 24.7 Å². The monoisotopic (exact) mass is 341 g/mol. The summed E-state index contributed by atoms with van der Waals surface area (Å²) >= 11 is 0. The molecule has 2 aromatic rings. The Labute approximate surface area is 147 Å². The van der Waals surface area contributed by atoms with Crippen molar-refractivity contribution in [3.05, 3.63) is 42.2 Å². The van der Waals surface area contributed by atoms with Gasteiger partial charge in [0.25, 0.3) is 5.91 Å². The van der Waals surface area contributed by atoms with Crippen LogP contribution in [0.15, 0.2) is 36.7 Å². The molecule has 0 atom stereocenters. The summed E-state index contributed by atoms with van der Waals surface area (Å²) in [5.74, 6) is 1.25. The number of hydrogen-bond donors (Lipinski definition) is 1. The van der Waals surface area contributed by atoms with Crippen molar-refractivity contribution in [2.45, 2.75) is 6.92 Å². The summed E-state index contributed by atoms with van der Waals surface area (Å²) in [6.45, 7) is 6.34. The zero-order chi connectivity index (χ0) is 17.6. The summed E-state index contributed by atoms with van der Waals surface area (Å²) in [4.78, 5) is 25.5. The van der Waals surface area contributed by atoms with Crippen molar-refractivity contribution >= 4 is 17.5 Å². The first-order valence-corrected chi connectivity index (χ1v) is 8.45. The predicted octanol–water partition coefficient (Wildman–Crippen LogP) is 1.88. The molecular formula is C18H23N5O2. The number of nitrogens with one attached hydrogen (secondary N) is 1. The fourth-order valence-corrected chi connectivity index (χ4v) is 2.63. The molecule has 0 unspecified atom stereocenters. The van der Waals surface area contributed by atoms with E-state index in [1.165, 1.54) is 0 Å². The molecule has 3 rings (SSSR count). The number of carbonyl (C=O) groups is 1. The largest absolute Gasteiger partial charge is 0.494 e. The predicted molar refractivity (Wildman–Crippen MR) is 97.3 cm³/mol. The molecule has 1 aliphatic rings. The number of benzene rings is 1. The minimum Gasteiger partial charge on any atom is -0.494 e. The van der Waals surface area contributed by atoms with Gasteiger partial charge in [-0.2, -0.15) is 0 Å². The number of nitrogens with zero attached hydrogens (tertiary/aromatic N) is 4. The molecule has 0 aliphatic carbocycles. The molecule has 7 nitrogen and oxygen atoms in total. The summed E-state index contributed by atoms with van der Waals surface area (Å²) in [6.07, 6.45) is 3.29. The van der Waals surface area contributed by atoms with Gasteiger partial charge >= 0.3 is 0 Å². The third kappa shape index (κ3) is 4.45. The van der Waals surface area contributed by atoms with Crippen molar-refractivity contribution in [2.24, 2.45) is 0 Å². The number of hydrogen-bond acceptors (Lipinski definition) is 6. The van der Waals surface area contributed by atoms with E-state index in [9.17, 15) is 4.79 Å². The van der Waals surface area contributed by atoms with Crippen LogP contribution in [0.25, 0.3) is 0 Å². The van der Waals surface area contributed by atoms with Gasteiger partial charge in [-0.25, -0.2) is 9.97 Å². The van der Waals surface area contributed by atoms with Crippen LogP contribution in [-0.4, -0.2) is 60.6 Å². The number of piperazine rings is 1. The summed E-state index contributed by atoms with van der Waals surface area (Å²) in [6, 6.07) is 7.04. The van der Waals surface area contributed by atoms with E-state index in [2.05, 4.69) is 32.1 Å². The second kappa shape index (κ2) is 7.94. The third-order valence-electron chi connectivity index (χ3n) is 4.11. The van der Waals surface area contributed by atoms with Crippen LogP contribution in [0.3, 0.4) is 0 Å². The summed E-state index contributed by atoms with van der Waals surface area (Å²) in [5, 5.41) is 2.82. The van der Waals surface area contributed by atoms with Gasteiger partial charge in [-0.3, -0.25) is 4.79 Å². The highest BCUT2D eigenvalue weighted by atomic mass is 16.5. The molecule has 25 heavy (non-hydrogen) atoms. The molecule has 132 valence electrons. The van der Waals surface area contributed by atoms with Gasteiger partial charge in [0, 0.05) is 31.7 Å². The molecule has 1 fully saturated rings. The topological polar surface area (TPSA) is 70.6 Å². The van der Waals surface area contributed by atoms with Gasteiger partial charge in [-0.05, 0) is 38.2 Å². The lowest BCUT2D eigenvalue weighted by molar-refractivity contribution is 0.102. The number of carbonyl (C=O) groups excluding carboxylic acids is 1. The molecule has 1 aliphatic heterocycles. The molecule has 1 N–H and O–H groups in total. The van der Waals surface area contributed by atoms with Gasteiger partial charge < -0.3 is 19.9 Å². The summed E-state index contributed by atoms with van der Waals surface area (Å²) in [5.41, 5.74) is 1.14. The van der Waals surface area contributed by atoms with Crippen molar-refractivity contribution in [2.75, 3.05) is 50.1 Å². The van der Waals surface area contributed by atoms with Crippen LogP contribution in [0.5, 0.6) is 5.75 Å². The van der Waals surface area contributed by atoms with Gasteiger partial charge in [0.2, 0.25) is 5.95 Å². The number of likely N-dealkylation sites (N-methyl/N-ethyl adjacent to an activating group) is 1. The Balaban J connectivity index is 1.60. The Hall–Kier alpha value is -2.67. The maximum absolute atomic E-state index is 12.3. The standard InChI is InChI=1S/C18H23N5O2/c1-3-25-16-6-4-14(5-7-16)17(24)21-15-12-19-18(20-13-15)23-10-8-22(2)9-11-23/h4-7,12-13H,3,8-11H2,1-2H3,(H,21,24). The molecule has 7 heteroatoms. The zero-order valence-electron chi connectivity index (χ0n) is 14.6. The van der Waals surface area contributed by atoms with Gasteiger partial charge in [0.1, 0.15) is 5.75 Å². The van der Waals surface area contributed by atoms with E-state index in [0.29, 0.717) is 23.8 Å². The Kier molecular flexibility index (Phi) is 5.45. The smallest absolute Gasteiger partial charge is 0.255 e. The maximum atomic E-state index is 12.3. The number of ether oxygens (including phenoxy) is 1. The van der Waals surface area contributed by atoms with Crippen molar-refractivity contribution < 1.29 is 9.53 Å². The van der Waals surface area contributed by atoms with E-state index in [0.717, 1.165) is 31.9 Å². The average molecular weight is 341 g/mol. The fraction of sp³-hybridized carbons (Fsp3) is 0.389. The normalized spacial score (nSPS) is 15.0. The highest BCUT2D eigenvalue weighted by Gasteiger charge is 2.16. The van der Waals surface area contributed by atoms with Crippen molar-refractivity contribution in [1.29, 1.82) is 0 Å². The first-order chi connectivity index (χ1) is 12.2. The lowest BCUT2D eigenvalue weighted by atomic mass is 10.2. The minimum absolute atomic E-state index is 0.195. The van der Waals surface area contributed by atoms with Gasteiger partial charge in [-0.15, -0.1) is 0 Å². The van der Waals surface area contributed by atoms with E-state index in [4.69, 9.17) is 4.74 Å². The van der Waals surface area contributed by atoms with Crippen LogP contribution in [0.4, 0.5) is 11.6 Å². The van der Waals surface area contributed by atoms with E-state index in [1.54, 1.807) is 36.7 Å². The van der Waals surface area contributed by atoms with Crippen LogP contribution >= 0.6 is 0 Å². The third-order valence-corrected chi connectivity index (χ3v) is 4.11. The van der Waals surface area contributed by atoms with Crippen LogP contribution in [0.1, 0.15) is 17.3 Å². The highest BCUT2D eigenvalue weighted by Crippen LogP contribution is 2.15. The average Bonchev–Trinajstić information content (AvgIpc) is 2.64. The Morgan fingerprint density at radius 1 is 1.12 bits per heavy atom. The van der Waals surface area contributed by atoms with Crippen molar-refractivity contribution in [1.82, 2.24) is 14.9 Å². The molecule has 2 heterocycles. The first-order valence-electron chi connectivity index (χ1n) is 8.45. The Morgan fingerprint density at radius 2 is 1.76 bits per heavy atom. The van der Waals surface area contributed by atoms with Crippen LogP contribution in [0.2, 0.25) is 0 Å². The summed E-state index contributed by atoms with van der Waals surface area (Å²) < 4.78 is 5.38. The quantitative estimate of drug-likeness (QED) is 0.895. The van der Waals surface area contributed by atoms with Gasteiger partial charge in [0.15, 0.2) is 0 Å². The summed E-state index contributed by atoms with van der Waals surface area (Å²) in [7, 11) is 2.11. The number of anilines is 2. The zero-order valence-corrected chi connectivity index (χ0v) is 14.6. The molecule has 0 bridgehead atoms. The van der Waals surface area contributed by atoms with E-state index in [1.807, 2.05) is 6.92 Å². The minimum atomic E-state index is -0.195. The molecule has 0 spiro atoms. The molecule has 1 aromatic heterocycles. The lowest BCUT2D eigenvalue weighted by Gasteiger charge is -2.32. The SMILES string of the molecule is CCOc1ccc(C(=O)Nc2cnc(N3CCN(C)CC3)nc2)cc1. The first kappa shape index (κ1) is 17.2. The molecule has 1 saturated heterocycles. The number of amides is 1. The van der Waals surface area contributed by atoms with E-state index >= 15 is 0 Å². The van der Waals surface area contributed by atoms with Crippen LogP contribution in [0, 0.1) is 0 Å². The Bertz CT molecular complexity index is 694. The molecular weight excluding hydrogens is 318 g/mol. The van der Waals surface area contributed by atoms with E-state index in [-0.39, 0.29) is 5.91 Å². The number of rotatable bonds is 5. The highest BCUT2D eigenvalue weighted by molar-refractivity contribution is 6.04.